The lowest BCUT2D eigenvalue weighted by molar-refractivity contribution is 0.0743. The van der Waals surface area contributed by atoms with E-state index in [2.05, 4.69) is 25.3 Å². The van der Waals surface area contributed by atoms with E-state index in [-0.39, 0.29) is 24.3 Å². The molecule has 5 heterocycles. The Morgan fingerprint density at radius 3 is 2.68 bits per heavy atom. The lowest BCUT2D eigenvalue weighted by Gasteiger charge is -2.15. The highest BCUT2D eigenvalue weighted by Gasteiger charge is 2.30. The molecule has 1 aliphatic heterocycles. The molecule has 0 saturated carbocycles. The van der Waals surface area contributed by atoms with Gasteiger partial charge < -0.3 is 9.64 Å². The predicted molar refractivity (Wildman–Crippen MR) is 137 cm³/mol. The zero-order chi connectivity index (χ0) is 27.0. The third-order valence-electron chi connectivity index (χ3n) is 5.76. The van der Waals surface area contributed by atoms with Gasteiger partial charge >= 0.3 is 0 Å². The third kappa shape index (κ3) is 5.04. The van der Waals surface area contributed by atoms with Crippen molar-refractivity contribution in [2.45, 2.75) is 26.4 Å². The minimum Gasteiger partial charge on any atom is -0.481 e. The number of carbonyl (C=O) groups is 2. The van der Waals surface area contributed by atoms with Crippen molar-refractivity contribution in [3.63, 3.8) is 0 Å². The standard InChI is InChI=1S/C25H19ClF2N6O3S/c1-12-6-14(15-7-13(26)8-30-23(15)37-2)16(9-29-12)22(35)33-25-32-19-10-34(11-20(19)38-25)24(36)18-5-3-4-17(31-18)21(27)28/h3-9,21H,10-11H2,1-2H3,(H,32,33,35). The molecule has 0 bridgehead atoms. The molecule has 9 nitrogen and oxygen atoms in total. The van der Waals surface area contributed by atoms with Crippen molar-refractivity contribution >= 4 is 39.9 Å². The molecule has 4 aromatic rings. The number of aromatic nitrogens is 4. The van der Waals surface area contributed by atoms with E-state index in [0.717, 1.165) is 4.88 Å². The van der Waals surface area contributed by atoms with Crippen LogP contribution in [0.25, 0.3) is 11.1 Å². The number of aryl methyl sites for hydroxylation is 1. The van der Waals surface area contributed by atoms with Gasteiger partial charge in [0.05, 0.1) is 41.4 Å². The maximum atomic E-state index is 13.3. The molecule has 1 N–H and O–H groups in total. The average molecular weight is 557 g/mol. The summed E-state index contributed by atoms with van der Waals surface area (Å²) in [6.45, 7) is 2.20. The highest BCUT2D eigenvalue weighted by molar-refractivity contribution is 7.16. The van der Waals surface area contributed by atoms with Crippen LogP contribution in [0.5, 0.6) is 5.88 Å². The van der Waals surface area contributed by atoms with Gasteiger partial charge in [-0.25, -0.2) is 23.7 Å². The second-order valence-corrected chi connectivity index (χ2v) is 9.85. The van der Waals surface area contributed by atoms with Gasteiger partial charge in [-0.15, -0.1) is 0 Å². The molecule has 0 saturated heterocycles. The number of amides is 2. The van der Waals surface area contributed by atoms with Crippen LogP contribution in [0.3, 0.4) is 0 Å². The topological polar surface area (TPSA) is 110 Å². The highest BCUT2D eigenvalue weighted by atomic mass is 35.5. The Morgan fingerprint density at radius 2 is 1.95 bits per heavy atom. The Morgan fingerprint density at radius 1 is 1.13 bits per heavy atom. The van der Waals surface area contributed by atoms with Crippen LogP contribution in [0.1, 0.15) is 49.2 Å². The predicted octanol–water partition coefficient (Wildman–Crippen LogP) is 5.31. The Balaban J connectivity index is 1.34. The SMILES string of the molecule is COc1ncc(Cl)cc1-c1cc(C)ncc1C(=O)Nc1nc2c(s1)CN(C(=O)c1cccc(C(F)F)n1)C2. The van der Waals surface area contributed by atoms with Crippen LogP contribution in [0, 0.1) is 6.92 Å². The number of nitrogens with zero attached hydrogens (tertiary/aromatic N) is 5. The number of fused-ring (bicyclic) bond motifs is 1. The molecule has 0 atom stereocenters. The van der Waals surface area contributed by atoms with Crippen LogP contribution in [0.4, 0.5) is 13.9 Å². The van der Waals surface area contributed by atoms with Crippen LogP contribution in [-0.2, 0) is 13.1 Å². The Kier molecular flexibility index (Phi) is 7.00. The number of thiazole rings is 1. The molecular formula is C25H19ClF2N6O3S. The molecular weight excluding hydrogens is 538 g/mol. The monoisotopic (exact) mass is 556 g/mol. The van der Waals surface area contributed by atoms with Crippen molar-refractivity contribution in [2.24, 2.45) is 0 Å². The second-order valence-electron chi connectivity index (χ2n) is 8.33. The number of hydrogen-bond donors (Lipinski definition) is 1. The Bertz CT molecular complexity index is 1540. The van der Waals surface area contributed by atoms with Gasteiger partial charge in [-0.3, -0.25) is 19.9 Å². The Hall–Kier alpha value is -4.03. The van der Waals surface area contributed by atoms with Crippen LogP contribution in [0.2, 0.25) is 5.02 Å². The van der Waals surface area contributed by atoms with E-state index in [9.17, 15) is 18.4 Å². The molecule has 1 aliphatic rings. The minimum atomic E-state index is -2.77. The number of nitrogens with one attached hydrogen (secondary N) is 1. The zero-order valence-electron chi connectivity index (χ0n) is 20.0. The molecule has 0 aliphatic carbocycles. The normalized spacial score (nSPS) is 12.5. The van der Waals surface area contributed by atoms with Gasteiger partial charge in [0.2, 0.25) is 5.88 Å². The summed E-state index contributed by atoms with van der Waals surface area (Å²) in [6, 6.07) is 7.36. The first-order chi connectivity index (χ1) is 18.2. The molecule has 4 aromatic heterocycles. The molecule has 0 spiro atoms. The maximum absolute atomic E-state index is 13.3. The third-order valence-corrected chi connectivity index (χ3v) is 6.97. The molecule has 5 rings (SSSR count). The van der Waals surface area contributed by atoms with Gasteiger partial charge in [-0.05, 0) is 31.2 Å². The van der Waals surface area contributed by atoms with Crippen molar-refractivity contribution in [3.8, 4) is 17.0 Å². The van der Waals surface area contributed by atoms with E-state index >= 15 is 0 Å². The summed E-state index contributed by atoms with van der Waals surface area (Å²) >= 11 is 7.38. The zero-order valence-corrected chi connectivity index (χ0v) is 21.6. The number of pyridine rings is 3. The van der Waals surface area contributed by atoms with Gasteiger partial charge in [0.15, 0.2) is 5.13 Å². The van der Waals surface area contributed by atoms with Gasteiger partial charge in [0.25, 0.3) is 18.2 Å². The quantitative estimate of drug-likeness (QED) is 0.342. The molecule has 38 heavy (non-hydrogen) atoms. The van der Waals surface area contributed by atoms with E-state index in [1.807, 2.05) is 0 Å². The van der Waals surface area contributed by atoms with Crippen molar-refractivity contribution in [1.82, 2.24) is 24.8 Å². The fourth-order valence-electron chi connectivity index (χ4n) is 4.00. The number of rotatable bonds is 6. The summed E-state index contributed by atoms with van der Waals surface area (Å²) in [6.07, 6.45) is 0.146. The van der Waals surface area contributed by atoms with E-state index in [1.54, 1.807) is 19.1 Å². The molecule has 0 unspecified atom stereocenters. The fraction of sp³-hybridized carbons (Fsp3) is 0.200. The van der Waals surface area contributed by atoms with Gasteiger partial charge in [-0.1, -0.05) is 29.0 Å². The Labute approximate surface area is 224 Å². The number of ether oxygens (including phenoxy) is 1. The largest absolute Gasteiger partial charge is 0.481 e. The first-order valence-corrected chi connectivity index (χ1v) is 12.4. The first-order valence-electron chi connectivity index (χ1n) is 11.2. The fourth-order valence-corrected chi connectivity index (χ4v) is 5.14. The van der Waals surface area contributed by atoms with Crippen molar-refractivity contribution in [3.05, 3.63) is 81.0 Å². The number of halogens is 3. The van der Waals surface area contributed by atoms with Crippen molar-refractivity contribution in [2.75, 3.05) is 12.4 Å². The molecule has 0 fully saturated rings. The summed E-state index contributed by atoms with van der Waals surface area (Å²) in [5, 5.41) is 3.54. The van der Waals surface area contributed by atoms with Crippen molar-refractivity contribution < 1.29 is 23.1 Å². The molecule has 2 amide bonds. The lowest BCUT2D eigenvalue weighted by Crippen LogP contribution is -2.26. The van der Waals surface area contributed by atoms with E-state index in [4.69, 9.17) is 16.3 Å². The minimum absolute atomic E-state index is 0.0585. The van der Waals surface area contributed by atoms with E-state index < -0.39 is 23.9 Å². The highest BCUT2D eigenvalue weighted by Crippen LogP contribution is 2.35. The molecule has 194 valence electrons. The second kappa shape index (κ2) is 10.4. The smallest absolute Gasteiger partial charge is 0.280 e. The maximum Gasteiger partial charge on any atom is 0.280 e. The molecule has 0 radical (unpaired) electrons. The van der Waals surface area contributed by atoms with Crippen LogP contribution in [-0.4, -0.2) is 43.8 Å². The lowest BCUT2D eigenvalue weighted by atomic mass is 10.0. The van der Waals surface area contributed by atoms with Crippen LogP contribution < -0.4 is 10.1 Å². The van der Waals surface area contributed by atoms with Gasteiger partial charge in [-0.2, -0.15) is 0 Å². The molecule has 13 heteroatoms. The van der Waals surface area contributed by atoms with Crippen molar-refractivity contribution in [1.29, 1.82) is 0 Å². The number of anilines is 1. The van der Waals surface area contributed by atoms with Crippen LogP contribution >= 0.6 is 22.9 Å². The number of hydrogen-bond acceptors (Lipinski definition) is 8. The average Bonchev–Trinajstić information content (AvgIpc) is 3.47. The summed E-state index contributed by atoms with van der Waals surface area (Å²) in [5.74, 6) is -0.605. The number of methoxy groups -OCH3 is 1. The number of alkyl halides is 2. The van der Waals surface area contributed by atoms with Gasteiger partial charge in [0.1, 0.15) is 11.4 Å². The van der Waals surface area contributed by atoms with Crippen LogP contribution in [0.15, 0.2) is 42.7 Å². The summed E-state index contributed by atoms with van der Waals surface area (Å²) < 4.78 is 31.3. The molecule has 0 aromatic carbocycles. The van der Waals surface area contributed by atoms with E-state index in [0.29, 0.717) is 38.5 Å². The summed E-state index contributed by atoms with van der Waals surface area (Å²) in [5.41, 5.74) is 2.14. The number of carbonyl (C=O) groups excluding carboxylic acids is 2. The van der Waals surface area contributed by atoms with Gasteiger partial charge in [0, 0.05) is 29.2 Å². The van der Waals surface area contributed by atoms with E-state index in [1.165, 1.54) is 53.9 Å². The first kappa shape index (κ1) is 25.6. The summed E-state index contributed by atoms with van der Waals surface area (Å²) in [7, 11) is 1.48. The summed E-state index contributed by atoms with van der Waals surface area (Å²) in [4.78, 5) is 45.0.